The second-order valence-electron chi connectivity index (χ2n) is 3.68. The number of sulfone groups is 1. The molecule has 2 heterocycles. The highest BCUT2D eigenvalue weighted by atomic mass is 32.2. The largest absolute Gasteiger partial charge is 0.260 e. The lowest BCUT2D eigenvalue weighted by molar-refractivity contribution is 0.601. The van der Waals surface area contributed by atoms with E-state index in [9.17, 15) is 8.42 Å². The van der Waals surface area contributed by atoms with Gasteiger partial charge >= 0.3 is 0 Å². The van der Waals surface area contributed by atoms with Crippen molar-refractivity contribution in [2.75, 3.05) is 11.5 Å². The summed E-state index contributed by atoms with van der Waals surface area (Å²) in [5, 5.41) is 8.59. The molecule has 15 heavy (non-hydrogen) atoms. The van der Waals surface area contributed by atoms with E-state index in [1.165, 1.54) is 6.20 Å². The van der Waals surface area contributed by atoms with Gasteiger partial charge in [0, 0.05) is 17.8 Å². The highest BCUT2D eigenvalue weighted by Crippen LogP contribution is 2.27. The van der Waals surface area contributed by atoms with Gasteiger partial charge in [0.2, 0.25) is 0 Å². The second-order valence-corrected chi connectivity index (χ2v) is 5.91. The molecule has 5 heteroatoms. The minimum absolute atomic E-state index is 0.00254. The molecule has 0 aromatic carbocycles. The van der Waals surface area contributed by atoms with Crippen molar-refractivity contribution in [2.24, 2.45) is 0 Å². The highest BCUT2D eigenvalue weighted by Gasteiger charge is 2.29. The van der Waals surface area contributed by atoms with Gasteiger partial charge in [-0.15, -0.1) is 0 Å². The Hall–Kier alpha value is -1.41. The number of aromatic nitrogens is 1. The van der Waals surface area contributed by atoms with Crippen molar-refractivity contribution in [1.82, 2.24) is 4.98 Å². The van der Waals surface area contributed by atoms with Crippen molar-refractivity contribution in [3.05, 3.63) is 29.6 Å². The molecule has 1 aromatic heterocycles. The van der Waals surface area contributed by atoms with Crippen molar-refractivity contribution >= 4 is 9.84 Å². The fourth-order valence-electron chi connectivity index (χ4n) is 1.74. The molecule has 4 nitrogen and oxygen atoms in total. The Morgan fingerprint density at radius 3 is 2.73 bits per heavy atom. The first-order valence-corrected chi connectivity index (χ1v) is 6.49. The summed E-state index contributed by atoms with van der Waals surface area (Å²) in [4.78, 5) is 4.11. The number of hydrogen-bond donors (Lipinski definition) is 0. The summed E-state index contributed by atoms with van der Waals surface area (Å²) < 4.78 is 22.5. The zero-order valence-corrected chi connectivity index (χ0v) is 8.87. The monoisotopic (exact) mass is 222 g/mol. The number of nitriles is 1. The Labute approximate surface area is 88.5 Å². The van der Waals surface area contributed by atoms with E-state index in [0.717, 1.165) is 5.69 Å². The first-order chi connectivity index (χ1) is 7.11. The Morgan fingerprint density at radius 1 is 1.47 bits per heavy atom. The van der Waals surface area contributed by atoms with Crippen LogP contribution in [0.3, 0.4) is 0 Å². The zero-order valence-electron chi connectivity index (χ0n) is 8.05. The van der Waals surface area contributed by atoms with E-state index in [4.69, 9.17) is 5.26 Å². The van der Waals surface area contributed by atoms with Gasteiger partial charge in [-0.1, -0.05) is 0 Å². The van der Waals surface area contributed by atoms with E-state index in [0.29, 0.717) is 12.0 Å². The smallest absolute Gasteiger partial charge is 0.151 e. The van der Waals surface area contributed by atoms with Crippen LogP contribution in [0.15, 0.2) is 18.3 Å². The first-order valence-electron chi connectivity index (χ1n) is 4.67. The van der Waals surface area contributed by atoms with Gasteiger partial charge in [-0.05, 0) is 18.6 Å². The Bertz CT molecular complexity index is 499. The predicted octanol–water partition coefficient (Wildman–Crippen LogP) is 0.855. The van der Waals surface area contributed by atoms with E-state index in [1.807, 2.05) is 6.07 Å². The lowest BCUT2D eigenvalue weighted by Crippen LogP contribution is -2.05. The Kier molecular flexibility index (Phi) is 2.45. The quantitative estimate of drug-likeness (QED) is 0.706. The third-order valence-corrected chi connectivity index (χ3v) is 4.33. The first kappa shape index (κ1) is 10.1. The maximum absolute atomic E-state index is 11.3. The summed E-state index contributed by atoms with van der Waals surface area (Å²) in [6, 6.07) is 5.39. The van der Waals surface area contributed by atoms with E-state index >= 15 is 0 Å². The summed E-state index contributed by atoms with van der Waals surface area (Å²) in [6.07, 6.45) is 2.13. The standard InChI is InChI=1S/C10H10N2O2S/c11-5-8-1-2-10(12-6-8)9-3-4-15(13,14)7-9/h1-2,6,9H,3-4,7H2. The van der Waals surface area contributed by atoms with Gasteiger partial charge in [-0.3, -0.25) is 4.98 Å². The number of hydrogen-bond acceptors (Lipinski definition) is 4. The Morgan fingerprint density at radius 2 is 2.27 bits per heavy atom. The molecule has 1 aliphatic heterocycles. The zero-order chi connectivity index (χ0) is 10.9. The minimum Gasteiger partial charge on any atom is -0.260 e. The number of nitrogens with zero attached hydrogens (tertiary/aromatic N) is 2. The molecule has 78 valence electrons. The Balaban J connectivity index is 2.22. The third-order valence-electron chi connectivity index (χ3n) is 2.57. The van der Waals surface area contributed by atoms with Crippen LogP contribution >= 0.6 is 0 Å². The third kappa shape index (κ3) is 2.16. The van der Waals surface area contributed by atoms with Crippen LogP contribution in [-0.4, -0.2) is 24.9 Å². The van der Waals surface area contributed by atoms with E-state index in [1.54, 1.807) is 12.1 Å². The molecular weight excluding hydrogens is 212 g/mol. The van der Waals surface area contributed by atoms with E-state index in [2.05, 4.69) is 4.98 Å². The maximum Gasteiger partial charge on any atom is 0.151 e. The molecule has 0 amide bonds. The van der Waals surface area contributed by atoms with Crippen molar-refractivity contribution < 1.29 is 8.42 Å². The maximum atomic E-state index is 11.3. The van der Waals surface area contributed by atoms with Crippen LogP contribution in [0.25, 0.3) is 0 Å². The topological polar surface area (TPSA) is 70.8 Å². The predicted molar refractivity (Wildman–Crippen MR) is 55.0 cm³/mol. The molecule has 1 aromatic rings. The highest BCUT2D eigenvalue weighted by molar-refractivity contribution is 7.91. The summed E-state index contributed by atoms with van der Waals surface area (Å²) in [5.74, 6) is 0.438. The molecule has 1 atom stereocenters. The molecular formula is C10H10N2O2S. The molecule has 0 aliphatic carbocycles. The number of rotatable bonds is 1. The van der Waals surface area contributed by atoms with Gasteiger partial charge in [0.05, 0.1) is 17.1 Å². The van der Waals surface area contributed by atoms with Crippen molar-refractivity contribution in [3.63, 3.8) is 0 Å². The van der Waals surface area contributed by atoms with E-state index < -0.39 is 9.84 Å². The van der Waals surface area contributed by atoms with Crippen molar-refractivity contribution in [1.29, 1.82) is 5.26 Å². The summed E-state index contributed by atoms with van der Waals surface area (Å²) in [6.45, 7) is 0. The molecule has 0 bridgehead atoms. The fourth-order valence-corrected chi connectivity index (χ4v) is 3.50. The molecule has 0 spiro atoms. The minimum atomic E-state index is -2.86. The fraction of sp³-hybridized carbons (Fsp3) is 0.400. The van der Waals surface area contributed by atoms with E-state index in [-0.39, 0.29) is 17.4 Å². The van der Waals surface area contributed by atoms with Crippen LogP contribution < -0.4 is 0 Å². The lowest BCUT2D eigenvalue weighted by atomic mass is 10.0. The lowest BCUT2D eigenvalue weighted by Gasteiger charge is -2.05. The second kappa shape index (κ2) is 3.63. The normalized spacial score (nSPS) is 23.5. The molecule has 1 saturated heterocycles. The van der Waals surface area contributed by atoms with Crippen LogP contribution in [0.1, 0.15) is 23.6 Å². The van der Waals surface area contributed by atoms with Gasteiger partial charge < -0.3 is 0 Å². The summed E-state index contributed by atoms with van der Waals surface area (Å²) in [7, 11) is -2.86. The SMILES string of the molecule is N#Cc1ccc(C2CCS(=O)(=O)C2)nc1. The van der Waals surface area contributed by atoms with Crippen molar-refractivity contribution in [2.45, 2.75) is 12.3 Å². The van der Waals surface area contributed by atoms with Crippen LogP contribution in [-0.2, 0) is 9.84 Å². The average molecular weight is 222 g/mol. The molecule has 1 unspecified atom stereocenters. The summed E-state index contributed by atoms with van der Waals surface area (Å²) in [5.41, 5.74) is 1.27. The number of pyridine rings is 1. The molecule has 1 fully saturated rings. The molecule has 2 rings (SSSR count). The van der Waals surface area contributed by atoms with Gasteiger partial charge in [0.25, 0.3) is 0 Å². The molecule has 0 radical (unpaired) electrons. The molecule has 0 saturated carbocycles. The van der Waals surface area contributed by atoms with Crippen LogP contribution in [0.5, 0.6) is 0 Å². The van der Waals surface area contributed by atoms with Gasteiger partial charge in [0.1, 0.15) is 6.07 Å². The van der Waals surface area contributed by atoms with Crippen LogP contribution in [0.2, 0.25) is 0 Å². The van der Waals surface area contributed by atoms with Crippen LogP contribution in [0.4, 0.5) is 0 Å². The molecule has 1 aliphatic rings. The van der Waals surface area contributed by atoms with Crippen molar-refractivity contribution in [3.8, 4) is 6.07 Å². The van der Waals surface area contributed by atoms with Gasteiger partial charge in [-0.25, -0.2) is 8.42 Å². The van der Waals surface area contributed by atoms with Gasteiger partial charge in [-0.2, -0.15) is 5.26 Å². The summed E-state index contributed by atoms with van der Waals surface area (Å²) >= 11 is 0. The van der Waals surface area contributed by atoms with Crippen LogP contribution in [0, 0.1) is 11.3 Å². The average Bonchev–Trinajstić information content (AvgIpc) is 2.59. The molecule has 0 N–H and O–H groups in total. The van der Waals surface area contributed by atoms with Gasteiger partial charge in [0.15, 0.2) is 9.84 Å².